The van der Waals surface area contributed by atoms with Gasteiger partial charge in [-0.15, -0.1) is 0 Å². The maximum Gasteiger partial charge on any atom is 0.255 e. The van der Waals surface area contributed by atoms with E-state index in [1.165, 1.54) is 0 Å². The molecule has 1 unspecified atom stereocenters. The molecule has 0 radical (unpaired) electrons. The summed E-state index contributed by atoms with van der Waals surface area (Å²) in [6.45, 7) is 5.14. The van der Waals surface area contributed by atoms with Gasteiger partial charge in [0.1, 0.15) is 5.75 Å². The molecule has 1 saturated heterocycles. The lowest BCUT2D eigenvalue weighted by molar-refractivity contribution is 0.0853. The zero-order chi connectivity index (χ0) is 14.5. The van der Waals surface area contributed by atoms with Crippen LogP contribution in [0.2, 0.25) is 0 Å². The Morgan fingerprint density at radius 2 is 2.35 bits per heavy atom. The number of benzene rings is 1. The van der Waals surface area contributed by atoms with Gasteiger partial charge in [0.2, 0.25) is 0 Å². The van der Waals surface area contributed by atoms with Gasteiger partial charge in [-0.2, -0.15) is 0 Å². The van der Waals surface area contributed by atoms with E-state index in [1.54, 1.807) is 18.2 Å². The molecule has 1 aliphatic rings. The van der Waals surface area contributed by atoms with Crippen LogP contribution in [-0.4, -0.2) is 31.3 Å². The van der Waals surface area contributed by atoms with Gasteiger partial charge in [0, 0.05) is 18.8 Å². The second-order valence-corrected chi connectivity index (χ2v) is 5.27. The molecule has 5 heteroatoms. The van der Waals surface area contributed by atoms with Crippen molar-refractivity contribution < 1.29 is 14.3 Å². The first-order valence-electron chi connectivity index (χ1n) is 7.02. The third-order valence-corrected chi connectivity index (χ3v) is 3.13. The summed E-state index contributed by atoms with van der Waals surface area (Å²) in [5.41, 5.74) is 6.77. The van der Waals surface area contributed by atoms with Crippen molar-refractivity contribution in [3.63, 3.8) is 0 Å². The van der Waals surface area contributed by atoms with Gasteiger partial charge in [-0.05, 0) is 44.9 Å². The number of carbonyl (C=O) groups excluding carboxylic acids is 1. The minimum Gasteiger partial charge on any atom is -0.490 e. The van der Waals surface area contributed by atoms with Crippen molar-refractivity contribution in [2.75, 3.05) is 18.9 Å². The number of nitrogens with two attached hydrogens (primary N) is 1. The number of carbonyl (C=O) groups is 1. The highest BCUT2D eigenvalue weighted by molar-refractivity contribution is 5.97. The Morgan fingerprint density at radius 1 is 1.55 bits per heavy atom. The molecule has 1 aromatic carbocycles. The lowest BCUT2D eigenvalue weighted by Crippen LogP contribution is -2.32. The van der Waals surface area contributed by atoms with Crippen LogP contribution in [0.15, 0.2) is 18.2 Å². The SMILES string of the molecule is CC(C)Oc1ccc(N)cc1C(=O)NCC1CCCO1. The molecule has 1 aromatic rings. The van der Waals surface area contributed by atoms with Gasteiger partial charge in [-0.1, -0.05) is 0 Å². The lowest BCUT2D eigenvalue weighted by Gasteiger charge is -2.16. The first-order chi connectivity index (χ1) is 9.56. The van der Waals surface area contributed by atoms with Gasteiger partial charge in [-0.3, -0.25) is 4.79 Å². The van der Waals surface area contributed by atoms with Gasteiger partial charge < -0.3 is 20.5 Å². The van der Waals surface area contributed by atoms with E-state index in [0.29, 0.717) is 23.5 Å². The molecule has 3 N–H and O–H groups in total. The number of rotatable bonds is 5. The molecule has 110 valence electrons. The highest BCUT2D eigenvalue weighted by Gasteiger charge is 2.19. The molecule has 0 saturated carbocycles. The summed E-state index contributed by atoms with van der Waals surface area (Å²) in [7, 11) is 0. The van der Waals surface area contributed by atoms with Crippen molar-refractivity contribution in [2.45, 2.75) is 38.9 Å². The van der Waals surface area contributed by atoms with Crippen LogP contribution in [0.25, 0.3) is 0 Å². The van der Waals surface area contributed by atoms with Gasteiger partial charge in [0.25, 0.3) is 5.91 Å². The number of amides is 1. The van der Waals surface area contributed by atoms with E-state index in [9.17, 15) is 4.79 Å². The Balaban J connectivity index is 2.04. The van der Waals surface area contributed by atoms with E-state index in [1.807, 2.05) is 13.8 Å². The Hall–Kier alpha value is -1.75. The van der Waals surface area contributed by atoms with Crippen molar-refractivity contribution in [2.24, 2.45) is 0 Å². The third-order valence-electron chi connectivity index (χ3n) is 3.13. The molecule has 0 spiro atoms. The average Bonchev–Trinajstić information content (AvgIpc) is 2.90. The van der Waals surface area contributed by atoms with Crippen LogP contribution < -0.4 is 15.8 Å². The van der Waals surface area contributed by atoms with Crippen LogP contribution in [0.1, 0.15) is 37.0 Å². The molecule has 0 aromatic heterocycles. The van der Waals surface area contributed by atoms with Gasteiger partial charge in [0.05, 0.1) is 17.8 Å². The van der Waals surface area contributed by atoms with Gasteiger partial charge >= 0.3 is 0 Å². The minimum atomic E-state index is -0.177. The fourth-order valence-electron chi connectivity index (χ4n) is 2.19. The molecule has 5 nitrogen and oxygen atoms in total. The number of anilines is 1. The van der Waals surface area contributed by atoms with E-state index < -0.39 is 0 Å². The second-order valence-electron chi connectivity index (χ2n) is 5.27. The summed E-state index contributed by atoms with van der Waals surface area (Å²) in [4.78, 5) is 12.3. The molecule has 20 heavy (non-hydrogen) atoms. The molecule has 1 aliphatic heterocycles. The molecule has 2 rings (SSSR count). The number of nitrogen functional groups attached to an aromatic ring is 1. The lowest BCUT2D eigenvalue weighted by atomic mass is 10.1. The number of hydrogen-bond donors (Lipinski definition) is 2. The van der Waals surface area contributed by atoms with Crippen LogP contribution >= 0.6 is 0 Å². The summed E-state index contributed by atoms with van der Waals surface area (Å²) in [5, 5.41) is 2.88. The molecule has 1 amide bonds. The number of nitrogens with one attached hydrogen (secondary N) is 1. The van der Waals surface area contributed by atoms with Crippen LogP contribution in [0.4, 0.5) is 5.69 Å². The summed E-state index contributed by atoms with van der Waals surface area (Å²) >= 11 is 0. The molecular weight excluding hydrogens is 256 g/mol. The Kier molecular flexibility index (Phi) is 4.84. The molecule has 1 fully saturated rings. The molecule has 0 bridgehead atoms. The Bertz CT molecular complexity index is 468. The Labute approximate surface area is 119 Å². The van der Waals surface area contributed by atoms with Crippen LogP contribution in [0.3, 0.4) is 0 Å². The van der Waals surface area contributed by atoms with Gasteiger partial charge in [-0.25, -0.2) is 0 Å². The van der Waals surface area contributed by atoms with Crippen molar-refractivity contribution in [3.05, 3.63) is 23.8 Å². The topological polar surface area (TPSA) is 73.6 Å². The normalized spacial score (nSPS) is 18.2. The zero-order valence-corrected chi connectivity index (χ0v) is 12.0. The average molecular weight is 278 g/mol. The van der Waals surface area contributed by atoms with Crippen LogP contribution in [0, 0.1) is 0 Å². The van der Waals surface area contributed by atoms with Crippen molar-refractivity contribution in [1.82, 2.24) is 5.32 Å². The quantitative estimate of drug-likeness (QED) is 0.808. The van der Waals surface area contributed by atoms with E-state index >= 15 is 0 Å². The second kappa shape index (κ2) is 6.61. The van der Waals surface area contributed by atoms with Crippen molar-refractivity contribution in [3.8, 4) is 5.75 Å². The summed E-state index contributed by atoms with van der Waals surface area (Å²) in [6, 6.07) is 5.10. The maximum absolute atomic E-state index is 12.3. The standard InChI is InChI=1S/C15H22N2O3/c1-10(2)20-14-6-5-11(16)8-13(14)15(18)17-9-12-4-3-7-19-12/h5-6,8,10,12H,3-4,7,9,16H2,1-2H3,(H,17,18). The van der Waals surface area contributed by atoms with Crippen molar-refractivity contribution in [1.29, 1.82) is 0 Å². The first-order valence-corrected chi connectivity index (χ1v) is 7.02. The maximum atomic E-state index is 12.3. The minimum absolute atomic E-state index is 0.00309. The number of ether oxygens (including phenoxy) is 2. The van der Waals surface area contributed by atoms with Crippen LogP contribution in [0.5, 0.6) is 5.75 Å². The van der Waals surface area contributed by atoms with Crippen molar-refractivity contribution >= 4 is 11.6 Å². The number of hydrogen-bond acceptors (Lipinski definition) is 4. The summed E-state index contributed by atoms with van der Waals surface area (Å²) < 4.78 is 11.1. The molecule has 0 aliphatic carbocycles. The highest BCUT2D eigenvalue weighted by Crippen LogP contribution is 2.22. The van der Waals surface area contributed by atoms with Crippen LogP contribution in [-0.2, 0) is 4.74 Å². The first kappa shape index (κ1) is 14.7. The zero-order valence-electron chi connectivity index (χ0n) is 12.0. The fraction of sp³-hybridized carbons (Fsp3) is 0.533. The smallest absolute Gasteiger partial charge is 0.255 e. The predicted molar refractivity (Wildman–Crippen MR) is 77.9 cm³/mol. The highest BCUT2D eigenvalue weighted by atomic mass is 16.5. The summed E-state index contributed by atoms with van der Waals surface area (Å²) in [5.74, 6) is 0.377. The molecule has 1 heterocycles. The summed E-state index contributed by atoms with van der Waals surface area (Å²) in [6.07, 6.45) is 2.17. The fourth-order valence-corrected chi connectivity index (χ4v) is 2.19. The van der Waals surface area contributed by atoms with E-state index in [4.69, 9.17) is 15.2 Å². The van der Waals surface area contributed by atoms with Gasteiger partial charge in [0.15, 0.2) is 0 Å². The van der Waals surface area contributed by atoms with E-state index in [0.717, 1.165) is 19.4 Å². The monoisotopic (exact) mass is 278 g/mol. The molecular formula is C15H22N2O3. The Morgan fingerprint density at radius 3 is 3.00 bits per heavy atom. The van der Waals surface area contributed by atoms with E-state index in [-0.39, 0.29) is 18.1 Å². The third kappa shape index (κ3) is 3.87. The molecule has 1 atom stereocenters. The van der Waals surface area contributed by atoms with E-state index in [2.05, 4.69) is 5.32 Å². The largest absolute Gasteiger partial charge is 0.490 e. The predicted octanol–water partition coefficient (Wildman–Crippen LogP) is 1.96.